The molecule has 4 heteroatoms. The molecule has 0 atom stereocenters. The number of halogens is 1. The Kier molecular flexibility index (Phi) is 5.08. The van der Waals surface area contributed by atoms with E-state index >= 15 is 0 Å². The lowest BCUT2D eigenvalue weighted by Crippen LogP contribution is -2.25. The number of nitrogens with zero attached hydrogens (tertiary/aromatic N) is 1. The Hall–Kier alpha value is 0.160. The van der Waals surface area contributed by atoms with Gasteiger partial charge in [-0.25, -0.2) is 0 Å². The Morgan fingerprint density at radius 2 is 2.08 bits per heavy atom. The van der Waals surface area contributed by atoms with Gasteiger partial charge >= 0.3 is 0 Å². The third-order valence-corrected chi connectivity index (χ3v) is 2.72. The maximum absolute atomic E-state index is 11.2. The largest absolute Gasteiger partial charge is 0.390 e. The van der Waals surface area contributed by atoms with Gasteiger partial charge in [0, 0.05) is 13.0 Å². The minimum Gasteiger partial charge on any atom is -0.390 e. The Bertz CT molecular complexity index is 154. The summed E-state index contributed by atoms with van der Waals surface area (Å²) in [6, 6.07) is 0. The highest BCUT2D eigenvalue weighted by atomic mass is 127. The van der Waals surface area contributed by atoms with E-state index in [2.05, 4.69) is 0 Å². The first-order chi connectivity index (χ1) is 5.37. The summed E-state index contributed by atoms with van der Waals surface area (Å²) in [5, 5.41) is 9.35. The molecule has 1 N–H and O–H groups in total. The van der Waals surface area contributed by atoms with E-state index < -0.39 is 5.60 Å². The van der Waals surface area contributed by atoms with Crippen molar-refractivity contribution in [1.29, 1.82) is 0 Å². The van der Waals surface area contributed by atoms with E-state index in [9.17, 15) is 9.90 Å². The molecular formula is C8H16INO2. The van der Waals surface area contributed by atoms with Crippen molar-refractivity contribution in [3.8, 4) is 0 Å². The Labute approximate surface area is 87.6 Å². The number of aliphatic hydroxyl groups is 1. The van der Waals surface area contributed by atoms with E-state index in [0.717, 1.165) is 0 Å². The van der Waals surface area contributed by atoms with Crippen LogP contribution >= 0.6 is 22.9 Å². The molecule has 0 saturated heterocycles. The molecule has 0 rings (SSSR count). The molecular weight excluding hydrogens is 269 g/mol. The summed E-state index contributed by atoms with van der Waals surface area (Å²) in [6.45, 7) is 6.06. The van der Waals surface area contributed by atoms with E-state index in [1.165, 1.54) is 0 Å². The molecule has 0 radical (unpaired) electrons. The molecule has 0 aliphatic rings. The van der Waals surface area contributed by atoms with Gasteiger partial charge in [0.1, 0.15) is 0 Å². The quantitative estimate of drug-likeness (QED) is 0.631. The van der Waals surface area contributed by atoms with Gasteiger partial charge in [-0.3, -0.25) is 7.91 Å². The molecule has 12 heavy (non-hydrogen) atoms. The lowest BCUT2D eigenvalue weighted by molar-refractivity contribution is -0.126. The summed E-state index contributed by atoms with van der Waals surface area (Å²) in [6.07, 6.45) is 0.936. The van der Waals surface area contributed by atoms with Crippen LogP contribution in [0.25, 0.3) is 0 Å². The maximum atomic E-state index is 11.2. The van der Waals surface area contributed by atoms with Crippen molar-refractivity contribution in [3.05, 3.63) is 0 Å². The predicted octanol–water partition coefficient (Wildman–Crippen LogP) is 1.74. The van der Waals surface area contributed by atoms with Crippen molar-refractivity contribution in [2.24, 2.45) is 0 Å². The second kappa shape index (κ2) is 5.01. The van der Waals surface area contributed by atoms with Crippen LogP contribution in [0, 0.1) is 0 Å². The highest BCUT2D eigenvalue weighted by molar-refractivity contribution is 14.1. The summed E-state index contributed by atoms with van der Waals surface area (Å²) < 4.78 is 1.63. The van der Waals surface area contributed by atoms with Gasteiger partial charge in [-0.15, -0.1) is 0 Å². The lowest BCUT2D eigenvalue weighted by Gasteiger charge is -2.18. The topological polar surface area (TPSA) is 40.5 Å². The summed E-state index contributed by atoms with van der Waals surface area (Å²) in [5.41, 5.74) is -0.735. The minimum absolute atomic E-state index is 0.0835. The molecule has 0 aromatic rings. The molecule has 0 spiro atoms. The third-order valence-electron chi connectivity index (χ3n) is 1.50. The first-order valence-electron chi connectivity index (χ1n) is 4.05. The van der Waals surface area contributed by atoms with Crippen LogP contribution in [0.1, 0.15) is 33.6 Å². The molecule has 0 fully saturated rings. The third kappa shape index (κ3) is 5.77. The van der Waals surface area contributed by atoms with Crippen molar-refractivity contribution in [2.45, 2.75) is 39.2 Å². The molecule has 1 amide bonds. The van der Waals surface area contributed by atoms with Crippen molar-refractivity contribution in [3.63, 3.8) is 0 Å². The Balaban J connectivity index is 3.72. The highest BCUT2D eigenvalue weighted by Gasteiger charge is 2.16. The molecule has 0 aromatic carbocycles. The molecule has 0 bridgehead atoms. The van der Waals surface area contributed by atoms with E-state index in [-0.39, 0.29) is 5.91 Å². The van der Waals surface area contributed by atoms with Gasteiger partial charge in [0.2, 0.25) is 5.91 Å². The summed E-state index contributed by atoms with van der Waals surface area (Å²) in [5.74, 6) is 0.0835. The van der Waals surface area contributed by atoms with Crippen molar-refractivity contribution < 1.29 is 9.90 Å². The van der Waals surface area contributed by atoms with Gasteiger partial charge in [-0.05, 0) is 27.2 Å². The van der Waals surface area contributed by atoms with E-state index in [4.69, 9.17) is 0 Å². The van der Waals surface area contributed by atoms with Crippen LogP contribution in [0.5, 0.6) is 0 Å². The minimum atomic E-state index is -0.735. The van der Waals surface area contributed by atoms with E-state index in [1.54, 1.807) is 17.0 Å². The molecule has 3 nitrogen and oxygen atoms in total. The zero-order valence-corrected chi connectivity index (χ0v) is 9.96. The molecule has 0 aliphatic heterocycles. The predicted molar refractivity (Wildman–Crippen MR) is 56.9 cm³/mol. The van der Waals surface area contributed by atoms with Gasteiger partial charge < -0.3 is 5.11 Å². The van der Waals surface area contributed by atoms with Crippen molar-refractivity contribution in [1.82, 2.24) is 3.11 Å². The number of hydrogen-bond donors (Lipinski definition) is 1. The molecule has 0 aromatic heterocycles. The molecule has 0 aliphatic carbocycles. The highest BCUT2D eigenvalue weighted by Crippen LogP contribution is 2.12. The fraction of sp³-hybridized carbons (Fsp3) is 0.875. The van der Waals surface area contributed by atoms with Crippen LogP contribution in [0.15, 0.2) is 0 Å². The second-order valence-corrected chi connectivity index (χ2v) is 4.55. The van der Waals surface area contributed by atoms with Gasteiger partial charge in [-0.2, -0.15) is 0 Å². The lowest BCUT2D eigenvalue weighted by atomic mass is 10.0. The standard InChI is InChI=1S/C8H16INO2/c1-4-10(9)7(11)5-6-8(2,3)12/h12H,4-6H2,1-3H3. The smallest absolute Gasteiger partial charge is 0.231 e. The fourth-order valence-electron chi connectivity index (χ4n) is 0.711. The van der Waals surface area contributed by atoms with Crippen LogP contribution in [0.4, 0.5) is 0 Å². The summed E-state index contributed by atoms with van der Waals surface area (Å²) in [7, 11) is 0. The molecule has 0 heterocycles. The molecule has 0 saturated carbocycles. The van der Waals surface area contributed by atoms with Gasteiger partial charge in [-0.1, -0.05) is 0 Å². The average molecular weight is 285 g/mol. The van der Waals surface area contributed by atoms with Crippen molar-refractivity contribution >= 4 is 28.8 Å². The average Bonchev–Trinajstić information content (AvgIpc) is 1.97. The zero-order valence-electron chi connectivity index (χ0n) is 7.80. The SMILES string of the molecule is CCN(I)C(=O)CCC(C)(C)O. The number of carbonyl (C=O) groups is 1. The van der Waals surface area contributed by atoms with Crippen molar-refractivity contribution in [2.75, 3.05) is 6.54 Å². The number of hydrogen-bond acceptors (Lipinski definition) is 2. The number of carbonyl (C=O) groups excluding carboxylic acids is 1. The van der Waals surface area contributed by atoms with Crippen LogP contribution < -0.4 is 0 Å². The van der Waals surface area contributed by atoms with Crippen LogP contribution in [-0.4, -0.2) is 26.3 Å². The molecule has 0 unspecified atom stereocenters. The van der Waals surface area contributed by atoms with Gasteiger partial charge in [0.05, 0.1) is 28.5 Å². The monoisotopic (exact) mass is 285 g/mol. The zero-order chi connectivity index (χ0) is 9.78. The summed E-state index contributed by atoms with van der Waals surface area (Å²) in [4.78, 5) is 11.2. The van der Waals surface area contributed by atoms with Crippen LogP contribution in [0.3, 0.4) is 0 Å². The van der Waals surface area contributed by atoms with Crippen LogP contribution in [0.2, 0.25) is 0 Å². The van der Waals surface area contributed by atoms with Gasteiger partial charge in [0.25, 0.3) is 0 Å². The maximum Gasteiger partial charge on any atom is 0.231 e. The Morgan fingerprint density at radius 3 is 2.42 bits per heavy atom. The molecule has 72 valence electrons. The summed E-state index contributed by atoms with van der Waals surface area (Å²) >= 11 is 1.99. The van der Waals surface area contributed by atoms with E-state index in [0.29, 0.717) is 19.4 Å². The second-order valence-electron chi connectivity index (χ2n) is 3.38. The van der Waals surface area contributed by atoms with Gasteiger partial charge in [0.15, 0.2) is 0 Å². The first-order valence-corrected chi connectivity index (χ1v) is 5.02. The Morgan fingerprint density at radius 1 is 1.58 bits per heavy atom. The van der Waals surface area contributed by atoms with E-state index in [1.807, 2.05) is 29.8 Å². The number of rotatable bonds is 4. The normalized spacial score (nSPS) is 11.4. The fourth-order valence-corrected chi connectivity index (χ4v) is 0.952. The first kappa shape index (κ1) is 12.2. The number of amides is 1. The van der Waals surface area contributed by atoms with Crippen LogP contribution in [-0.2, 0) is 4.79 Å².